The molecule has 0 bridgehead atoms. The van der Waals surface area contributed by atoms with Gasteiger partial charge >= 0.3 is 11.9 Å². The van der Waals surface area contributed by atoms with E-state index in [2.05, 4.69) is 6.92 Å². The van der Waals surface area contributed by atoms with Crippen LogP contribution in [0.5, 0.6) is 0 Å². The highest BCUT2D eigenvalue weighted by Gasteiger charge is 2.59. The molecule has 3 N–H and O–H groups in total. The number of fused-ring (bicyclic) bond motifs is 1. The van der Waals surface area contributed by atoms with E-state index in [4.69, 9.17) is 9.84 Å². The standard InChI is InChI=1S/C22H34O6/c1-14(10-20(26)27)8-9-21(3)17(13-28-15(2)24)11-19(25)22(4)16(12-23)6-5-7-18(21)22/h6,10,17-19,23,25H,5,7-9,11-13H2,1-4H3,(H,26,27). The van der Waals surface area contributed by atoms with Crippen LogP contribution in [0.4, 0.5) is 0 Å². The number of carbonyl (C=O) groups excluding carboxylic acids is 1. The third-order valence-corrected chi connectivity index (χ3v) is 7.28. The normalized spacial score (nSPS) is 35.7. The second kappa shape index (κ2) is 8.78. The monoisotopic (exact) mass is 394 g/mol. The number of esters is 1. The van der Waals surface area contributed by atoms with Gasteiger partial charge in [-0.05, 0) is 55.9 Å². The van der Waals surface area contributed by atoms with Crippen LogP contribution in [-0.2, 0) is 14.3 Å². The number of rotatable bonds is 7. The van der Waals surface area contributed by atoms with Crippen LogP contribution in [0.2, 0.25) is 0 Å². The molecule has 2 aliphatic carbocycles. The molecule has 1 saturated carbocycles. The zero-order valence-electron chi connectivity index (χ0n) is 17.4. The summed E-state index contributed by atoms with van der Waals surface area (Å²) in [7, 11) is 0. The highest BCUT2D eigenvalue weighted by molar-refractivity contribution is 5.80. The molecule has 0 heterocycles. The summed E-state index contributed by atoms with van der Waals surface area (Å²) in [6.07, 6.45) is 6.22. The molecule has 2 aliphatic rings. The van der Waals surface area contributed by atoms with Gasteiger partial charge in [-0.25, -0.2) is 4.79 Å². The molecule has 0 amide bonds. The molecule has 0 radical (unpaired) electrons. The number of aliphatic hydroxyl groups excluding tert-OH is 2. The summed E-state index contributed by atoms with van der Waals surface area (Å²) in [4.78, 5) is 22.4. The smallest absolute Gasteiger partial charge is 0.328 e. The number of carboxylic acids is 1. The van der Waals surface area contributed by atoms with Gasteiger partial charge < -0.3 is 20.1 Å². The number of allylic oxidation sites excluding steroid dienone is 2. The Bertz CT molecular complexity index is 666. The van der Waals surface area contributed by atoms with Gasteiger partial charge in [-0.15, -0.1) is 0 Å². The third-order valence-electron chi connectivity index (χ3n) is 7.28. The van der Waals surface area contributed by atoms with E-state index in [1.165, 1.54) is 13.0 Å². The van der Waals surface area contributed by atoms with E-state index >= 15 is 0 Å². The van der Waals surface area contributed by atoms with Crippen molar-refractivity contribution in [2.24, 2.45) is 22.7 Å². The largest absolute Gasteiger partial charge is 0.478 e. The lowest BCUT2D eigenvalue weighted by atomic mass is 9.45. The highest BCUT2D eigenvalue weighted by atomic mass is 16.5. The molecule has 6 heteroatoms. The van der Waals surface area contributed by atoms with Gasteiger partial charge in [0.05, 0.1) is 19.3 Å². The predicted molar refractivity (Wildman–Crippen MR) is 105 cm³/mol. The average Bonchev–Trinajstić information content (AvgIpc) is 2.61. The first kappa shape index (κ1) is 22.6. The lowest BCUT2D eigenvalue weighted by molar-refractivity contribution is -0.161. The second-order valence-electron chi connectivity index (χ2n) is 8.89. The Morgan fingerprint density at radius 3 is 2.57 bits per heavy atom. The molecule has 2 rings (SSSR count). The molecular formula is C22H34O6. The zero-order chi connectivity index (χ0) is 21.1. The minimum atomic E-state index is -0.953. The van der Waals surface area contributed by atoms with E-state index < -0.39 is 17.5 Å². The quantitative estimate of drug-likeness (QED) is 0.348. The van der Waals surface area contributed by atoms with E-state index in [0.717, 1.165) is 30.4 Å². The van der Waals surface area contributed by atoms with Crippen molar-refractivity contribution in [2.75, 3.05) is 13.2 Å². The molecule has 0 aromatic heterocycles. The summed E-state index contributed by atoms with van der Waals surface area (Å²) < 4.78 is 5.34. The number of carboxylic acid groups (broad SMARTS) is 1. The number of carbonyl (C=O) groups is 2. The molecule has 28 heavy (non-hydrogen) atoms. The minimum Gasteiger partial charge on any atom is -0.478 e. The van der Waals surface area contributed by atoms with Gasteiger partial charge in [0, 0.05) is 24.3 Å². The molecule has 1 fully saturated rings. The SMILES string of the molecule is CC(=O)OCC1CC(O)C2(C)C(CO)=CCCC2C1(C)CCC(C)=CC(=O)O. The van der Waals surface area contributed by atoms with Gasteiger partial charge in [0.2, 0.25) is 0 Å². The lowest BCUT2D eigenvalue weighted by Crippen LogP contribution is -2.58. The summed E-state index contributed by atoms with van der Waals surface area (Å²) in [5.41, 5.74) is 0.887. The van der Waals surface area contributed by atoms with Crippen molar-refractivity contribution in [1.82, 2.24) is 0 Å². The molecule has 0 spiro atoms. The molecule has 158 valence electrons. The minimum absolute atomic E-state index is 0.0276. The summed E-state index contributed by atoms with van der Waals surface area (Å²) >= 11 is 0. The third kappa shape index (κ3) is 4.33. The summed E-state index contributed by atoms with van der Waals surface area (Å²) in [6, 6.07) is 0. The van der Waals surface area contributed by atoms with E-state index in [1.807, 2.05) is 19.9 Å². The number of aliphatic carboxylic acids is 1. The maximum Gasteiger partial charge on any atom is 0.328 e. The summed E-state index contributed by atoms with van der Waals surface area (Å²) in [5, 5.41) is 30.0. The van der Waals surface area contributed by atoms with Crippen molar-refractivity contribution in [3.8, 4) is 0 Å². The Morgan fingerprint density at radius 2 is 2.00 bits per heavy atom. The molecule has 0 aromatic rings. The van der Waals surface area contributed by atoms with Crippen molar-refractivity contribution in [3.63, 3.8) is 0 Å². The van der Waals surface area contributed by atoms with Gasteiger partial charge in [0.1, 0.15) is 0 Å². The molecule has 5 atom stereocenters. The van der Waals surface area contributed by atoms with Crippen LogP contribution in [0, 0.1) is 22.7 Å². The van der Waals surface area contributed by atoms with E-state index in [1.54, 1.807) is 0 Å². The number of aliphatic hydroxyl groups is 2. The maximum absolute atomic E-state index is 11.4. The predicted octanol–water partition coefficient (Wildman–Crippen LogP) is 3.08. The number of hydrogen-bond donors (Lipinski definition) is 3. The van der Waals surface area contributed by atoms with Crippen molar-refractivity contribution in [3.05, 3.63) is 23.3 Å². The first-order valence-electron chi connectivity index (χ1n) is 10.1. The van der Waals surface area contributed by atoms with E-state index in [9.17, 15) is 19.8 Å². The first-order valence-corrected chi connectivity index (χ1v) is 10.1. The van der Waals surface area contributed by atoms with Crippen LogP contribution in [0.15, 0.2) is 23.3 Å². The van der Waals surface area contributed by atoms with Crippen molar-refractivity contribution < 1.29 is 29.6 Å². The van der Waals surface area contributed by atoms with Gasteiger partial charge in [0.25, 0.3) is 0 Å². The Kier molecular flexibility index (Phi) is 7.10. The van der Waals surface area contributed by atoms with Gasteiger partial charge in [-0.3, -0.25) is 4.79 Å². The number of ether oxygens (including phenoxy) is 1. The summed E-state index contributed by atoms with van der Waals surface area (Å²) in [5.74, 6) is -1.22. The maximum atomic E-state index is 11.4. The molecular weight excluding hydrogens is 360 g/mol. The Labute approximate surface area is 167 Å². The first-order chi connectivity index (χ1) is 13.1. The fourth-order valence-electron chi connectivity index (χ4n) is 5.54. The molecule has 0 saturated heterocycles. The van der Waals surface area contributed by atoms with Gasteiger partial charge in [-0.2, -0.15) is 0 Å². The molecule has 0 aliphatic heterocycles. The average molecular weight is 395 g/mol. The summed E-state index contributed by atoms with van der Waals surface area (Å²) in [6.45, 7) is 7.57. The van der Waals surface area contributed by atoms with Crippen LogP contribution >= 0.6 is 0 Å². The lowest BCUT2D eigenvalue weighted by Gasteiger charge is -2.60. The molecule has 5 unspecified atom stereocenters. The van der Waals surface area contributed by atoms with Crippen LogP contribution in [0.3, 0.4) is 0 Å². The van der Waals surface area contributed by atoms with Crippen LogP contribution in [-0.4, -0.2) is 46.6 Å². The second-order valence-corrected chi connectivity index (χ2v) is 8.89. The Balaban J connectivity index is 2.39. The topological polar surface area (TPSA) is 104 Å². The fourth-order valence-corrected chi connectivity index (χ4v) is 5.54. The van der Waals surface area contributed by atoms with Crippen molar-refractivity contribution in [2.45, 2.75) is 65.9 Å². The van der Waals surface area contributed by atoms with Crippen LogP contribution in [0.25, 0.3) is 0 Å². The Hall–Kier alpha value is -1.66. The fraction of sp³-hybridized carbons (Fsp3) is 0.727. The molecule has 0 aromatic carbocycles. The van der Waals surface area contributed by atoms with Crippen molar-refractivity contribution >= 4 is 11.9 Å². The van der Waals surface area contributed by atoms with Gasteiger partial charge in [0.15, 0.2) is 0 Å². The Morgan fingerprint density at radius 1 is 1.32 bits per heavy atom. The number of hydrogen-bond acceptors (Lipinski definition) is 5. The van der Waals surface area contributed by atoms with Crippen LogP contribution < -0.4 is 0 Å². The van der Waals surface area contributed by atoms with Crippen molar-refractivity contribution in [1.29, 1.82) is 0 Å². The highest BCUT2D eigenvalue weighted by Crippen LogP contribution is 2.62. The zero-order valence-corrected chi connectivity index (χ0v) is 17.4. The molecule has 6 nitrogen and oxygen atoms in total. The van der Waals surface area contributed by atoms with Gasteiger partial charge in [-0.1, -0.05) is 25.5 Å². The van der Waals surface area contributed by atoms with E-state index in [-0.39, 0.29) is 36.4 Å². The van der Waals surface area contributed by atoms with E-state index in [0.29, 0.717) is 12.8 Å². The van der Waals surface area contributed by atoms with Crippen LogP contribution in [0.1, 0.15) is 59.8 Å².